The molecule has 0 radical (unpaired) electrons. The van der Waals surface area contributed by atoms with E-state index >= 15 is 0 Å². The molecule has 0 bridgehead atoms. The molecule has 192 valence electrons. The number of hydrogen-bond donors (Lipinski definition) is 3. The van der Waals surface area contributed by atoms with E-state index in [1.807, 2.05) is 62.4 Å². The summed E-state index contributed by atoms with van der Waals surface area (Å²) in [5.74, 6) is 2.02. The van der Waals surface area contributed by atoms with Crippen molar-refractivity contribution >= 4 is 7.60 Å². The van der Waals surface area contributed by atoms with Crippen LogP contribution in [0, 0.1) is 11.3 Å². The molecule has 0 unspecified atom stereocenters. The minimum Gasteiger partial charge on any atom is -0.493 e. The second-order valence-corrected chi connectivity index (χ2v) is 10.6. The van der Waals surface area contributed by atoms with Crippen molar-refractivity contribution in [1.29, 1.82) is 5.26 Å². The fourth-order valence-corrected chi connectivity index (χ4v) is 4.29. The lowest BCUT2D eigenvalue weighted by atomic mass is 10.1. The monoisotopic (exact) mass is 512 g/mol. The molecular formula is C27H33N2O6P. The first-order valence-corrected chi connectivity index (χ1v) is 13.8. The molecular weight excluding hydrogens is 479 g/mol. The fourth-order valence-electron chi connectivity index (χ4n) is 3.72. The molecule has 2 aromatic carbocycles. The zero-order chi connectivity index (χ0) is 26.0. The van der Waals surface area contributed by atoms with Crippen molar-refractivity contribution in [2.75, 3.05) is 19.3 Å². The Balaban J connectivity index is 1.57. The lowest BCUT2D eigenvalue weighted by Crippen LogP contribution is -2.16. The molecule has 36 heavy (non-hydrogen) atoms. The molecule has 0 fully saturated rings. The zero-order valence-corrected chi connectivity index (χ0v) is 21.5. The van der Waals surface area contributed by atoms with Crippen molar-refractivity contribution in [2.45, 2.75) is 45.8 Å². The van der Waals surface area contributed by atoms with E-state index < -0.39 is 7.60 Å². The standard InChI is InChI=1S/C27H33N2O6P/c1-20(2)35-25-10-8-21(16-23(25)18-28)6-3-13-34-27-11-9-22(17-24(27)26-7-4-14-33-26)19-29-12-5-15-36(30,31)32/h4,7-11,14,16-17,20,29H,3,5-6,12-13,15,19H2,1-2H3,(H2,30,31,32). The average Bonchev–Trinajstić information content (AvgIpc) is 3.36. The van der Waals surface area contributed by atoms with Gasteiger partial charge in [0.25, 0.3) is 0 Å². The maximum absolute atomic E-state index is 11.0. The largest absolute Gasteiger partial charge is 0.493 e. The summed E-state index contributed by atoms with van der Waals surface area (Å²) in [6.07, 6.45) is 3.44. The van der Waals surface area contributed by atoms with Crippen LogP contribution in [0.5, 0.6) is 11.5 Å². The number of aryl methyl sites for hydroxylation is 1. The lowest BCUT2D eigenvalue weighted by Gasteiger charge is -2.14. The van der Waals surface area contributed by atoms with Crippen LogP contribution < -0.4 is 14.8 Å². The SMILES string of the molecule is CC(C)Oc1ccc(CCCOc2ccc(CNCCCP(=O)(O)O)cc2-c2ccco2)cc1C#N. The molecule has 0 aliphatic heterocycles. The number of nitrogens with one attached hydrogen (secondary N) is 1. The number of rotatable bonds is 14. The van der Waals surface area contributed by atoms with E-state index in [2.05, 4.69) is 11.4 Å². The first-order valence-electron chi connectivity index (χ1n) is 12.0. The van der Waals surface area contributed by atoms with Crippen molar-refractivity contribution < 1.29 is 28.2 Å². The van der Waals surface area contributed by atoms with Crippen LogP contribution in [0.4, 0.5) is 0 Å². The molecule has 1 heterocycles. The molecule has 8 nitrogen and oxygen atoms in total. The molecule has 0 saturated carbocycles. The van der Waals surface area contributed by atoms with Gasteiger partial charge in [0.2, 0.25) is 0 Å². The summed E-state index contributed by atoms with van der Waals surface area (Å²) in [6, 6.07) is 17.5. The third-order valence-corrected chi connectivity index (χ3v) is 6.26. The van der Waals surface area contributed by atoms with Crippen LogP contribution in [-0.2, 0) is 17.5 Å². The van der Waals surface area contributed by atoms with Crippen LogP contribution in [0.15, 0.2) is 59.2 Å². The van der Waals surface area contributed by atoms with Gasteiger partial charge in [0.05, 0.1) is 36.3 Å². The van der Waals surface area contributed by atoms with E-state index in [1.54, 1.807) is 6.26 Å². The number of furan rings is 1. The Bertz CT molecular complexity index is 1200. The molecule has 0 atom stereocenters. The lowest BCUT2D eigenvalue weighted by molar-refractivity contribution is 0.241. The summed E-state index contributed by atoms with van der Waals surface area (Å²) < 4.78 is 28.4. The van der Waals surface area contributed by atoms with Gasteiger partial charge < -0.3 is 29.0 Å². The molecule has 3 N–H and O–H groups in total. The van der Waals surface area contributed by atoms with E-state index in [9.17, 15) is 9.83 Å². The van der Waals surface area contributed by atoms with Crippen molar-refractivity contribution in [2.24, 2.45) is 0 Å². The Morgan fingerprint density at radius 1 is 1.08 bits per heavy atom. The minimum atomic E-state index is -3.96. The minimum absolute atomic E-state index is 0.00899. The van der Waals surface area contributed by atoms with Gasteiger partial charge in [0, 0.05) is 6.54 Å². The summed E-state index contributed by atoms with van der Waals surface area (Å²) in [5.41, 5.74) is 3.44. The third kappa shape index (κ3) is 8.85. The van der Waals surface area contributed by atoms with Crippen molar-refractivity contribution in [3.8, 4) is 28.9 Å². The number of nitriles is 1. The summed E-state index contributed by atoms with van der Waals surface area (Å²) in [5, 5.41) is 12.6. The Hall–Kier alpha value is -3.08. The Labute approximate surface area is 212 Å². The van der Waals surface area contributed by atoms with Gasteiger partial charge in [-0.1, -0.05) is 12.1 Å². The number of hydrogen-bond acceptors (Lipinski definition) is 6. The number of benzene rings is 2. The molecule has 1 aromatic heterocycles. The van der Waals surface area contributed by atoms with Gasteiger partial charge in [0.1, 0.15) is 23.3 Å². The molecule has 0 spiro atoms. The number of ether oxygens (including phenoxy) is 2. The van der Waals surface area contributed by atoms with Gasteiger partial charge in [0.15, 0.2) is 0 Å². The van der Waals surface area contributed by atoms with E-state index in [1.165, 1.54) is 0 Å². The van der Waals surface area contributed by atoms with Crippen LogP contribution in [0.25, 0.3) is 11.3 Å². The summed E-state index contributed by atoms with van der Waals surface area (Å²) in [4.78, 5) is 17.9. The smallest absolute Gasteiger partial charge is 0.325 e. The topological polar surface area (TPSA) is 125 Å². The van der Waals surface area contributed by atoms with E-state index in [0.29, 0.717) is 48.9 Å². The maximum Gasteiger partial charge on any atom is 0.325 e. The van der Waals surface area contributed by atoms with Crippen LogP contribution in [0.1, 0.15) is 43.4 Å². The second kappa shape index (κ2) is 13.3. The molecule has 0 saturated heterocycles. The van der Waals surface area contributed by atoms with Gasteiger partial charge in [-0.25, -0.2) is 0 Å². The molecule has 0 aliphatic carbocycles. The van der Waals surface area contributed by atoms with E-state index in [0.717, 1.165) is 29.5 Å². The summed E-state index contributed by atoms with van der Waals surface area (Å²) in [7, 11) is -3.96. The summed E-state index contributed by atoms with van der Waals surface area (Å²) >= 11 is 0. The molecule has 9 heteroatoms. The Morgan fingerprint density at radius 2 is 1.86 bits per heavy atom. The summed E-state index contributed by atoms with van der Waals surface area (Å²) in [6.45, 7) is 5.44. The Morgan fingerprint density at radius 3 is 2.56 bits per heavy atom. The quantitative estimate of drug-likeness (QED) is 0.197. The molecule has 3 aromatic rings. The van der Waals surface area contributed by atoms with Crippen LogP contribution in [-0.4, -0.2) is 35.2 Å². The molecule has 0 amide bonds. The van der Waals surface area contributed by atoms with Crippen molar-refractivity contribution in [1.82, 2.24) is 5.32 Å². The fraction of sp³-hybridized carbons (Fsp3) is 0.370. The van der Waals surface area contributed by atoms with Crippen LogP contribution >= 0.6 is 7.60 Å². The highest BCUT2D eigenvalue weighted by molar-refractivity contribution is 7.51. The maximum atomic E-state index is 11.0. The normalized spacial score (nSPS) is 11.4. The molecule has 3 rings (SSSR count). The van der Waals surface area contributed by atoms with E-state index in [-0.39, 0.29) is 12.3 Å². The second-order valence-electron chi connectivity index (χ2n) is 8.79. The highest BCUT2D eigenvalue weighted by Crippen LogP contribution is 2.34. The van der Waals surface area contributed by atoms with Crippen molar-refractivity contribution in [3.63, 3.8) is 0 Å². The predicted molar refractivity (Wildman–Crippen MR) is 138 cm³/mol. The highest BCUT2D eigenvalue weighted by atomic mass is 31.2. The Kier molecular flexibility index (Phi) is 10.2. The van der Waals surface area contributed by atoms with Gasteiger partial charge in [-0.3, -0.25) is 4.57 Å². The van der Waals surface area contributed by atoms with Gasteiger partial charge in [-0.2, -0.15) is 5.26 Å². The first-order chi connectivity index (χ1) is 17.2. The first kappa shape index (κ1) is 27.5. The average molecular weight is 513 g/mol. The molecule has 0 aliphatic rings. The van der Waals surface area contributed by atoms with Crippen LogP contribution in [0.3, 0.4) is 0 Å². The number of nitrogens with zero attached hydrogens (tertiary/aromatic N) is 1. The van der Waals surface area contributed by atoms with Crippen molar-refractivity contribution in [3.05, 3.63) is 71.5 Å². The zero-order valence-electron chi connectivity index (χ0n) is 20.6. The highest BCUT2D eigenvalue weighted by Gasteiger charge is 2.13. The predicted octanol–water partition coefficient (Wildman–Crippen LogP) is 5.27. The van der Waals surface area contributed by atoms with Gasteiger partial charge in [-0.15, -0.1) is 0 Å². The third-order valence-electron chi connectivity index (χ3n) is 5.36. The van der Waals surface area contributed by atoms with Gasteiger partial charge in [-0.05, 0) is 87.2 Å². The van der Waals surface area contributed by atoms with Gasteiger partial charge >= 0.3 is 7.60 Å². The van der Waals surface area contributed by atoms with E-state index in [4.69, 9.17) is 23.7 Å². The van der Waals surface area contributed by atoms with Crippen LogP contribution in [0.2, 0.25) is 0 Å².